The summed E-state index contributed by atoms with van der Waals surface area (Å²) in [5, 5.41) is 12.4. The number of aromatic nitrogens is 1. The first-order valence-electron chi connectivity index (χ1n) is 6.51. The first kappa shape index (κ1) is 12.8. The zero-order valence-electron chi connectivity index (χ0n) is 11.0. The lowest BCUT2D eigenvalue weighted by atomic mass is 10.1. The van der Waals surface area contributed by atoms with Crippen molar-refractivity contribution in [3.05, 3.63) is 22.9 Å². The second kappa shape index (κ2) is 5.83. The van der Waals surface area contributed by atoms with Crippen molar-refractivity contribution >= 4 is 5.82 Å². The summed E-state index contributed by atoms with van der Waals surface area (Å²) in [6.07, 6.45) is 3.21. The molecule has 4 heteroatoms. The van der Waals surface area contributed by atoms with E-state index >= 15 is 0 Å². The highest BCUT2D eigenvalue weighted by Gasteiger charge is 2.17. The number of hydrogen-bond acceptors (Lipinski definition) is 4. The van der Waals surface area contributed by atoms with Crippen LogP contribution in [0, 0.1) is 11.3 Å². The van der Waals surface area contributed by atoms with Crippen LogP contribution in [0.3, 0.4) is 0 Å². The first-order chi connectivity index (χ1) is 8.74. The van der Waals surface area contributed by atoms with E-state index < -0.39 is 0 Å². The SMILES string of the molecule is CCOCC(C)Nc1nc2c(cc1C#N)CCC2. The molecule has 0 spiro atoms. The molecule has 1 unspecified atom stereocenters. The molecular formula is C14H19N3O. The van der Waals surface area contributed by atoms with E-state index in [-0.39, 0.29) is 6.04 Å². The lowest BCUT2D eigenvalue weighted by Gasteiger charge is -2.16. The quantitative estimate of drug-likeness (QED) is 0.864. The Morgan fingerprint density at radius 3 is 3.11 bits per heavy atom. The Hall–Kier alpha value is -1.60. The molecule has 1 aliphatic carbocycles. The molecule has 0 bridgehead atoms. The molecule has 0 saturated heterocycles. The van der Waals surface area contributed by atoms with Gasteiger partial charge in [-0.3, -0.25) is 0 Å². The van der Waals surface area contributed by atoms with Crippen LogP contribution in [0.15, 0.2) is 6.07 Å². The summed E-state index contributed by atoms with van der Waals surface area (Å²) in [6, 6.07) is 4.35. The molecule has 2 rings (SSSR count). The average molecular weight is 245 g/mol. The summed E-state index contributed by atoms with van der Waals surface area (Å²) in [4.78, 5) is 4.58. The molecule has 96 valence electrons. The number of nitrogens with zero attached hydrogens (tertiary/aromatic N) is 2. The maximum Gasteiger partial charge on any atom is 0.144 e. The van der Waals surface area contributed by atoms with Gasteiger partial charge in [-0.2, -0.15) is 5.26 Å². The fraction of sp³-hybridized carbons (Fsp3) is 0.571. The second-order valence-corrected chi connectivity index (χ2v) is 4.66. The van der Waals surface area contributed by atoms with Gasteiger partial charge in [0.15, 0.2) is 0 Å². The van der Waals surface area contributed by atoms with Gasteiger partial charge in [-0.15, -0.1) is 0 Å². The third kappa shape index (κ3) is 2.80. The van der Waals surface area contributed by atoms with E-state index in [0.29, 0.717) is 24.6 Å². The molecule has 1 N–H and O–H groups in total. The van der Waals surface area contributed by atoms with Crippen molar-refractivity contribution in [3.8, 4) is 6.07 Å². The molecule has 18 heavy (non-hydrogen) atoms. The standard InChI is InChI=1S/C14H19N3O/c1-3-18-9-10(2)16-14-12(8-15)7-11-5-4-6-13(11)17-14/h7,10H,3-6,9H2,1-2H3,(H,16,17). The molecule has 4 nitrogen and oxygen atoms in total. The van der Waals surface area contributed by atoms with Gasteiger partial charge in [0.05, 0.1) is 12.2 Å². The highest BCUT2D eigenvalue weighted by Crippen LogP contribution is 2.25. The lowest BCUT2D eigenvalue weighted by Crippen LogP contribution is -2.23. The van der Waals surface area contributed by atoms with Gasteiger partial charge in [-0.05, 0) is 44.7 Å². The zero-order chi connectivity index (χ0) is 13.0. The van der Waals surface area contributed by atoms with Crippen LogP contribution in [0.2, 0.25) is 0 Å². The molecule has 1 aliphatic rings. The lowest BCUT2D eigenvalue weighted by molar-refractivity contribution is 0.141. The Labute approximate surface area is 108 Å². The van der Waals surface area contributed by atoms with Crippen LogP contribution >= 0.6 is 0 Å². The molecule has 0 radical (unpaired) electrons. The summed E-state index contributed by atoms with van der Waals surface area (Å²) in [7, 11) is 0. The number of nitrogens with one attached hydrogen (secondary N) is 1. The van der Waals surface area contributed by atoms with Crippen LogP contribution in [0.1, 0.15) is 37.1 Å². The topological polar surface area (TPSA) is 57.9 Å². The Bertz CT molecular complexity index is 465. The summed E-state index contributed by atoms with van der Waals surface area (Å²) < 4.78 is 5.36. The monoisotopic (exact) mass is 245 g/mol. The van der Waals surface area contributed by atoms with Crippen LogP contribution in [-0.4, -0.2) is 24.2 Å². The van der Waals surface area contributed by atoms with Crippen LogP contribution in [0.25, 0.3) is 0 Å². The van der Waals surface area contributed by atoms with Crippen molar-refractivity contribution in [2.45, 2.75) is 39.2 Å². The largest absolute Gasteiger partial charge is 0.380 e. The Morgan fingerprint density at radius 1 is 1.56 bits per heavy atom. The smallest absolute Gasteiger partial charge is 0.144 e. The van der Waals surface area contributed by atoms with Crippen molar-refractivity contribution in [2.75, 3.05) is 18.5 Å². The van der Waals surface area contributed by atoms with Crippen LogP contribution < -0.4 is 5.32 Å². The molecular weight excluding hydrogens is 226 g/mol. The number of hydrogen-bond donors (Lipinski definition) is 1. The third-order valence-electron chi connectivity index (χ3n) is 3.13. The molecule has 1 aromatic rings. The van der Waals surface area contributed by atoms with E-state index in [9.17, 15) is 5.26 Å². The van der Waals surface area contributed by atoms with Gasteiger partial charge in [0, 0.05) is 18.3 Å². The van der Waals surface area contributed by atoms with Gasteiger partial charge < -0.3 is 10.1 Å². The minimum absolute atomic E-state index is 0.156. The van der Waals surface area contributed by atoms with E-state index in [1.54, 1.807) is 0 Å². The van der Waals surface area contributed by atoms with Crippen molar-refractivity contribution < 1.29 is 4.74 Å². The fourth-order valence-electron chi connectivity index (χ4n) is 2.24. The van der Waals surface area contributed by atoms with E-state index in [1.807, 2.05) is 19.9 Å². The van der Waals surface area contributed by atoms with Gasteiger partial charge in [-0.1, -0.05) is 0 Å². The van der Waals surface area contributed by atoms with Gasteiger partial charge >= 0.3 is 0 Å². The molecule has 0 saturated carbocycles. The Kier molecular flexibility index (Phi) is 4.16. The van der Waals surface area contributed by atoms with Gasteiger partial charge in [0.25, 0.3) is 0 Å². The predicted molar refractivity (Wildman–Crippen MR) is 70.6 cm³/mol. The number of rotatable bonds is 5. The summed E-state index contributed by atoms with van der Waals surface area (Å²) >= 11 is 0. The zero-order valence-corrected chi connectivity index (χ0v) is 11.0. The van der Waals surface area contributed by atoms with Crippen LogP contribution in [0.5, 0.6) is 0 Å². The summed E-state index contributed by atoms with van der Waals surface area (Å²) in [5.41, 5.74) is 3.01. The fourth-order valence-corrected chi connectivity index (χ4v) is 2.24. The van der Waals surface area contributed by atoms with Crippen LogP contribution in [-0.2, 0) is 17.6 Å². The number of aryl methyl sites for hydroxylation is 2. The average Bonchev–Trinajstić information content (AvgIpc) is 2.82. The highest BCUT2D eigenvalue weighted by atomic mass is 16.5. The molecule has 1 aromatic heterocycles. The molecule has 0 amide bonds. The third-order valence-corrected chi connectivity index (χ3v) is 3.13. The minimum Gasteiger partial charge on any atom is -0.380 e. The Morgan fingerprint density at radius 2 is 2.39 bits per heavy atom. The summed E-state index contributed by atoms with van der Waals surface area (Å²) in [5.74, 6) is 0.699. The predicted octanol–water partition coefficient (Wildman–Crippen LogP) is 2.28. The number of nitriles is 1. The summed E-state index contributed by atoms with van der Waals surface area (Å²) in [6.45, 7) is 5.33. The van der Waals surface area contributed by atoms with Gasteiger partial charge in [0.2, 0.25) is 0 Å². The second-order valence-electron chi connectivity index (χ2n) is 4.66. The number of fused-ring (bicyclic) bond motifs is 1. The molecule has 1 heterocycles. The van der Waals surface area contributed by atoms with Gasteiger partial charge in [-0.25, -0.2) is 4.98 Å². The van der Waals surface area contributed by atoms with Gasteiger partial charge in [0.1, 0.15) is 11.9 Å². The van der Waals surface area contributed by atoms with E-state index in [4.69, 9.17) is 4.74 Å². The van der Waals surface area contributed by atoms with E-state index in [1.165, 1.54) is 5.56 Å². The van der Waals surface area contributed by atoms with Crippen molar-refractivity contribution in [2.24, 2.45) is 0 Å². The maximum atomic E-state index is 9.18. The molecule has 0 fully saturated rings. The van der Waals surface area contributed by atoms with Crippen molar-refractivity contribution in [1.82, 2.24) is 4.98 Å². The van der Waals surface area contributed by atoms with E-state index in [0.717, 1.165) is 25.0 Å². The number of ether oxygens (including phenoxy) is 1. The van der Waals surface area contributed by atoms with Crippen molar-refractivity contribution in [1.29, 1.82) is 5.26 Å². The highest BCUT2D eigenvalue weighted by molar-refractivity contribution is 5.55. The van der Waals surface area contributed by atoms with Crippen LogP contribution in [0.4, 0.5) is 5.82 Å². The maximum absolute atomic E-state index is 9.18. The normalized spacial score (nSPS) is 14.9. The van der Waals surface area contributed by atoms with E-state index in [2.05, 4.69) is 16.4 Å². The first-order valence-corrected chi connectivity index (χ1v) is 6.51. The Balaban J connectivity index is 2.14. The van der Waals surface area contributed by atoms with Crippen molar-refractivity contribution in [3.63, 3.8) is 0 Å². The minimum atomic E-state index is 0.156. The molecule has 0 aliphatic heterocycles. The molecule has 0 aromatic carbocycles. The number of pyridine rings is 1. The number of anilines is 1. The molecule has 1 atom stereocenters.